The number of piperidine rings is 1. The molecule has 3 aromatic rings. The van der Waals surface area contributed by atoms with Crippen LogP contribution in [-0.4, -0.2) is 75.5 Å². The highest BCUT2D eigenvalue weighted by atomic mass is 32.1. The Hall–Kier alpha value is -3.64. The Morgan fingerprint density at radius 1 is 1.05 bits per heavy atom. The molecule has 2 fully saturated rings. The standard InChI is InChI=1S/C28H36N8O3S/c1-19(2)39-26(38)22-6-3-5-21(15-22)17-35-12-8-20(9-13-35)16-25(37)31-28-34-33-27(40-28)30-23-10-14-36(18-23)24-7-4-11-29-32-24/h3-7,11,15,19-20,23H,8-10,12-14,16-18H2,1-2H3,(H,30,33)(H,31,34,37). The molecule has 4 heterocycles. The average molecular weight is 565 g/mol. The van der Waals surface area contributed by atoms with E-state index < -0.39 is 0 Å². The predicted molar refractivity (Wildman–Crippen MR) is 154 cm³/mol. The molecular formula is C28H36N8O3S. The fourth-order valence-electron chi connectivity index (χ4n) is 5.17. The number of carbonyl (C=O) groups is 2. The molecule has 1 amide bonds. The summed E-state index contributed by atoms with van der Waals surface area (Å²) in [7, 11) is 0. The molecule has 11 nitrogen and oxygen atoms in total. The Morgan fingerprint density at radius 2 is 1.88 bits per heavy atom. The summed E-state index contributed by atoms with van der Waals surface area (Å²) in [6.07, 6.45) is 4.88. The first-order chi connectivity index (χ1) is 19.4. The van der Waals surface area contributed by atoms with Gasteiger partial charge < -0.3 is 20.3 Å². The summed E-state index contributed by atoms with van der Waals surface area (Å²) in [5.41, 5.74) is 1.68. The summed E-state index contributed by atoms with van der Waals surface area (Å²) < 4.78 is 5.32. The van der Waals surface area contributed by atoms with E-state index in [0.717, 1.165) is 63.4 Å². The Balaban J connectivity index is 1.02. The van der Waals surface area contributed by atoms with Crippen molar-refractivity contribution in [2.45, 2.75) is 58.2 Å². The van der Waals surface area contributed by atoms with Gasteiger partial charge in [-0.25, -0.2) is 4.79 Å². The van der Waals surface area contributed by atoms with Crippen LogP contribution in [-0.2, 0) is 16.1 Å². The lowest BCUT2D eigenvalue weighted by atomic mass is 9.93. The molecule has 0 bridgehead atoms. The van der Waals surface area contributed by atoms with Crippen LogP contribution >= 0.6 is 11.3 Å². The second-order valence-corrected chi connectivity index (χ2v) is 11.7. The number of anilines is 3. The van der Waals surface area contributed by atoms with Crippen LogP contribution in [0.25, 0.3) is 0 Å². The molecule has 5 rings (SSSR count). The van der Waals surface area contributed by atoms with Gasteiger partial charge in [-0.2, -0.15) is 5.10 Å². The molecule has 40 heavy (non-hydrogen) atoms. The van der Waals surface area contributed by atoms with Gasteiger partial charge in [0.1, 0.15) is 0 Å². The topological polar surface area (TPSA) is 125 Å². The van der Waals surface area contributed by atoms with Crippen LogP contribution < -0.4 is 15.5 Å². The molecule has 2 aromatic heterocycles. The zero-order chi connectivity index (χ0) is 27.9. The first-order valence-corrected chi connectivity index (χ1v) is 14.7. The predicted octanol–water partition coefficient (Wildman–Crippen LogP) is 3.82. The van der Waals surface area contributed by atoms with Crippen molar-refractivity contribution in [3.05, 3.63) is 53.7 Å². The molecule has 2 aliphatic heterocycles. The van der Waals surface area contributed by atoms with Crippen molar-refractivity contribution in [3.63, 3.8) is 0 Å². The summed E-state index contributed by atoms with van der Waals surface area (Å²) in [6.45, 7) is 8.02. The summed E-state index contributed by atoms with van der Waals surface area (Å²) in [5.74, 6) is 0.899. The highest BCUT2D eigenvalue weighted by Crippen LogP contribution is 2.26. The molecule has 0 radical (unpaired) electrons. The van der Waals surface area contributed by atoms with E-state index in [0.29, 0.717) is 28.2 Å². The summed E-state index contributed by atoms with van der Waals surface area (Å²) in [6, 6.07) is 11.7. The van der Waals surface area contributed by atoms with Crippen molar-refractivity contribution in [3.8, 4) is 0 Å². The fourth-order valence-corrected chi connectivity index (χ4v) is 5.91. The zero-order valence-electron chi connectivity index (χ0n) is 23.0. The van der Waals surface area contributed by atoms with E-state index in [4.69, 9.17) is 4.74 Å². The van der Waals surface area contributed by atoms with Gasteiger partial charge in [0.2, 0.25) is 16.2 Å². The van der Waals surface area contributed by atoms with Crippen LogP contribution in [0.2, 0.25) is 0 Å². The number of nitrogens with zero attached hydrogens (tertiary/aromatic N) is 6. The van der Waals surface area contributed by atoms with Crippen LogP contribution in [0.4, 0.5) is 16.1 Å². The second kappa shape index (κ2) is 13.1. The maximum atomic E-state index is 12.7. The van der Waals surface area contributed by atoms with Crippen molar-refractivity contribution < 1.29 is 14.3 Å². The lowest BCUT2D eigenvalue weighted by Gasteiger charge is -2.31. The highest BCUT2D eigenvalue weighted by molar-refractivity contribution is 7.19. The number of likely N-dealkylation sites (tertiary alicyclic amines) is 1. The van der Waals surface area contributed by atoms with Gasteiger partial charge in [0, 0.05) is 38.3 Å². The van der Waals surface area contributed by atoms with E-state index in [1.807, 2.05) is 44.2 Å². The summed E-state index contributed by atoms with van der Waals surface area (Å²) in [5, 5.41) is 24.1. The third-order valence-corrected chi connectivity index (χ3v) is 7.93. The smallest absolute Gasteiger partial charge is 0.338 e. The largest absolute Gasteiger partial charge is 0.459 e. The van der Waals surface area contributed by atoms with E-state index in [-0.39, 0.29) is 24.0 Å². The Labute approximate surface area is 238 Å². The van der Waals surface area contributed by atoms with Crippen LogP contribution in [0.1, 0.15) is 55.5 Å². The Bertz CT molecular complexity index is 1280. The van der Waals surface area contributed by atoms with Crippen molar-refractivity contribution in [2.75, 3.05) is 41.7 Å². The quantitative estimate of drug-likeness (QED) is 0.351. The molecule has 0 saturated carbocycles. The minimum absolute atomic E-state index is 0.0211. The molecule has 0 aliphatic carbocycles. The molecule has 0 spiro atoms. The van der Waals surface area contributed by atoms with Gasteiger partial charge in [-0.3, -0.25) is 9.69 Å². The summed E-state index contributed by atoms with van der Waals surface area (Å²) >= 11 is 1.36. The van der Waals surface area contributed by atoms with Gasteiger partial charge in [-0.15, -0.1) is 15.3 Å². The number of rotatable bonds is 10. The summed E-state index contributed by atoms with van der Waals surface area (Å²) in [4.78, 5) is 29.5. The minimum Gasteiger partial charge on any atom is -0.459 e. The lowest BCUT2D eigenvalue weighted by molar-refractivity contribution is -0.117. The van der Waals surface area contributed by atoms with Crippen LogP contribution in [0.5, 0.6) is 0 Å². The molecule has 2 aliphatic rings. The van der Waals surface area contributed by atoms with Gasteiger partial charge in [0.25, 0.3) is 0 Å². The van der Waals surface area contributed by atoms with E-state index in [1.54, 1.807) is 12.3 Å². The van der Waals surface area contributed by atoms with Gasteiger partial charge in [-0.05, 0) is 81.9 Å². The SMILES string of the molecule is CC(C)OC(=O)c1cccc(CN2CCC(CC(=O)Nc3nnc(NC4CCN(c5cccnn5)C4)s3)CC2)c1. The third-order valence-electron chi connectivity index (χ3n) is 7.16. The van der Waals surface area contributed by atoms with E-state index in [1.165, 1.54) is 11.3 Å². The number of ether oxygens (including phenoxy) is 1. The van der Waals surface area contributed by atoms with Gasteiger partial charge in [-0.1, -0.05) is 23.5 Å². The Morgan fingerprint density at radius 3 is 2.65 bits per heavy atom. The highest BCUT2D eigenvalue weighted by Gasteiger charge is 2.25. The van der Waals surface area contributed by atoms with Gasteiger partial charge in [0.15, 0.2) is 5.82 Å². The number of nitrogens with one attached hydrogen (secondary N) is 2. The molecule has 2 N–H and O–H groups in total. The van der Waals surface area contributed by atoms with Crippen molar-refractivity contribution in [2.24, 2.45) is 5.92 Å². The molecule has 1 unspecified atom stereocenters. The number of amides is 1. The van der Waals surface area contributed by atoms with E-state index >= 15 is 0 Å². The average Bonchev–Trinajstić information content (AvgIpc) is 3.60. The van der Waals surface area contributed by atoms with Crippen molar-refractivity contribution >= 4 is 39.3 Å². The van der Waals surface area contributed by atoms with Crippen molar-refractivity contribution in [1.82, 2.24) is 25.3 Å². The molecule has 2 saturated heterocycles. The van der Waals surface area contributed by atoms with Crippen molar-refractivity contribution in [1.29, 1.82) is 0 Å². The van der Waals surface area contributed by atoms with Gasteiger partial charge in [0.05, 0.1) is 11.7 Å². The molecule has 1 atom stereocenters. The zero-order valence-corrected chi connectivity index (χ0v) is 23.8. The van der Waals surface area contributed by atoms with Crippen LogP contribution in [0.3, 0.4) is 0 Å². The first-order valence-electron chi connectivity index (χ1n) is 13.9. The number of hydrogen-bond acceptors (Lipinski definition) is 11. The maximum Gasteiger partial charge on any atom is 0.338 e. The monoisotopic (exact) mass is 564 g/mol. The molecule has 1 aromatic carbocycles. The van der Waals surface area contributed by atoms with Crippen LogP contribution in [0, 0.1) is 5.92 Å². The third kappa shape index (κ3) is 7.72. The second-order valence-electron chi connectivity index (χ2n) is 10.7. The maximum absolute atomic E-state index is 12.7. The lowest BCUT2D eigenvalue weighted by Crippen LogP contribution is -2.34. The fraction of sp³-hybridized carbons (Fsp3) is 0.500. The Kier molecular flexibility index (Phi) is 9.17. The minimum atomic E-state index is -0.288. The van der Waals surface area contributed by atoms with E-state index in [2.05, 4.69) is 40.8 Å². The number of benzene rings is 1. The molecule has 212 valence electrons. The number of aromatic nitrogens is 4. The normalized spacial score (nSPS) is 18.2. The van der Waals surface area contributed by atoms with Crippen LogP contribution in [0.15, 0.2) is 42.6 Å². The molecular weight excluding hydrogens is 528 g/mol. The molecule has 12 heteroatoms. The first kappa shape index (κ1) is 27.9. The number of carbonyl (C=O) groups excluding carboxylic acids is 2. The number of esters is 1. The van der Waals surface area contributed by atoms with E-state index in [9.17, 15) is 9.59 Å². The van der Waals surface area contributed by atoms with Gasteiger partial charge >= 0.3 is 5.97 Å². The number of hydrogen-bond donors (Lipinski definition) is 2.